The summed E-state index contributed by atoms with van der Waals surface area (Å²) in [6, 6.07) is 9.44. The minimum absolute atomic E-state index is 0.0169. The number of methoxy groups -OCH3 is 3. The van der Waals surface area contributed by atoms with Gasteiger partial charge in [-0.1, -0.05) is 6.07 Å². The van der Waals surface area contributed by atoms with Gasteiger partial charge < -0.3 is 14.2 Å². The summed E-state index contributed by atoms with van der Waals surface area (Å²) in [5.74, 6) is 1.10. The quantitative estimate of drug-likeness (QED) is 0.609. The zero-order chi connectivity index (χ0) is 19.4. The summed E-state index contributed by atoms with van der Waals surface area (Å²) in [6.45, 7) is 1.96. The molecule has 0 spiro atoms. The van der Waals surface area contributed by atoms with Crippen molar-refractivity contribution >= 4 is 21.5 Å². The lowest BCUT2D eigenvalue weighted by Crippen LogP contribution is -2.39. The lowest BCUT2D eigenvalue weighted by atomic mass is 9.83. The van der Waals surface area contributed by atoms with Gasteiger partial charge in [-0.25, -0.2) is 4.39 Å². The van der Waals surface area contributed by atoms with E-state index in [0.717, 1.165) is 41.1 Å². The highest BCUT2D eigenvalue weighted by molar-refractivity contribution is 6.12. The maximum Gasteiger partial charge on any atom is 0.161 e. The van der Waals surface area contributed by atoms with Gasteiger partial charge in [0, 0.05) is 19.7 Å². The Morgan fingerprint density at radius 1 is 0.929 bits per heavy atom. The predicted octanol–water partition coefficient (Wildman–Crippen LogP) is 4.81. The molecule has 3 aromatic rings. The molecule has 2 heterocycles. The second-order valence-corrected chi connectivity index (χ2v) is 7.67. The van der Waals surface area contributed by atoms with Crippen molar-refractivity contribution in [2.45, 2.75) is 31.5 Å². The average molecular weight is 381 g/mol. The Balaban J connectivity index is 1.93. The fourth-order valence-electron chi connectivity index (χ4n) is 5.19. The molecule has 0 saturated carbocycles. The minimum atomic E-state index is -0.240. The molecule has 0 aromatic heterocycles. The number of fused-ring (bicyclic) bond motifs is 7. The van der Waals surface area contributed by atoms with Crippen molar-refractivity contribution in [2.75, 3.05) is 27.9 Å². The Morgan fingerprint density at radius 3 is 2.36 bits per heavy atom. The largest absolute Gasteiger partial charge is 0.493 e. The average Bonchev–Trinajstić information content (AvgIpc) is 3.19. The maximum atomic E-state index is 14.2. The summed E-state index contributed by atoms with van der Waals surface area (Å²) >= 11 is 0. The summed E-state index contributed by atoms with van der Waals surface area (Å²) in [4.78, 5) is 2.52. The normalized spacial score (nSPS) is 21.7. The van der Waals surface area contributed by atoms with Crippen molar-refractivity contribution in [2.24, 2.45) is 0 Å². The minimum Gasteiger partial charge on any atom is -0.493 e. The van der Waals surface area contributed by atoms with Crippen LogP contribution in [0.25, 0.3) is 21.5 Å². The molecule has 5 heteroatoms. The lowest BCUT2D eigenvalue weighted by Gasteiger charge is -2.39. The Bertz CT molecular complexity index is 1080. The van der Waals surface area contributed by atoms with Gasteiger partial charge in [0.25, 0.3) is 0 Å². The van der Waals surface area contributed by atoms with E-state index in [1.165, 1.54) is 17.5 Å². The second-order valence-electron chi connectivity index (χ2n) is 7.67. The van der Waals surface area contributed by atoms with Crippen LogP contribution in [0.5, 0.6) is 11.5 Å². The molecule has 1 saturated heterocycles. The zero-order valence-corrected chi connectivity index (χ0v) is 16.4. The smallest absolute Gasteiger partial charge is 0.161 e. The number of ether oxygens (including phenoxy) is 3. The van der Waals surface area contributed by atoms with E-state index < -0.39 is 0 Å². The predicted molar refractivity (Wildman–Crippen MR) is 108 cm³/mol. The first-order valence-electron chi connectivity index (χ1n) is 9.72. The lowest BCUT2D eigenvalue weighted by molar-refractivity contribution is 0.0164. The van der Waals surface area contributed by atoms with Gasteiger partial charge in [-0.3, -0.25) is 4.90 Å². The fraction of sp³-hybridized carbons (Fsp3) is 0.391. The summed E-state index contributed by atoms with van der Waals surface area (Å²) in [6.07, 6.45) is 2.29. The van der Waals surface area contributed by atoms with E-state index in [1.807, 2.05) is 18.2 Å². The molecule has 0 amide bonds. The number of nitrogens with zero attached hydrogens (tertiary/aromatic N) is 1. The van der Waals surface area contributed by atoms with Crippen LogP contribution < -0.4 is 9.47 Å². The molecule has 0 radical (unpaired) electrons. The molecule has 0 bridgehead atoms. The molecule has 0 unspecified atom stereocenters. The molecule has 2 atom stereocenters. The van der Waals surface area contributed by atoms with E-state index in [0.29, 0.717) is 17.5 Å². The van der Waals surface area contributed by atoms with Crippen LogP contribution in [0.3, 0.4) is 0 Å². The highest BCUT2D eigenvalue weighted by atomic mass is 19.1. The molecule has 2 aliphatic rings. The third-order valence-corrected chi connectivity index (χ3v) is 6.40. The van der Waals surface area contributed by atoms with Crippen LogP contribution in [-0.4, -0.2) is 38.8 Å². The van der Waals surface area contributed by atoms with Crippen molar-refractivity contribution in [3.63, 3.8) is 0 Å². The first kappa shape index (κ1) is 17.7. The van der Waals surface area contributed by atoms with Crippen molar-refractivity contribution in [3.05, 3.63) is 47.3 Å². The molecule has 4 nitrogen and oxygen atoms in total. The molecule has 2 aliphatic heterocycles. The molecule has 0 aliphatic carbocycles. The first-order chi connectivity index (χ1) is 13.7. The Hall–Kier alpha value is -2.37. The van der Waals surface area contributed by atoms with Gasteiger partial charge in [0.1, 0.15) is 5.82 Å². The Morgan fingerprint density at radius 2 is 1.64 bits per heavy atom. The monoisotopic (exact) mass is 381 g/mol. The van der Waals surface area contributed by atoms with Gasteiger partial charge in [0.15, 0.2) is 11.5 Å². The number of benzene rings is 3. The SMILES string of the molecule is COc1cc2c3c(c4ccc(F)cc4c2cc1OC)[C@@H](OC)[C@@H]1CCCN1C3. The van der Waals surface area contributed by atoms with Crippen LogP contribution in [0.2, 0.25) is 0 Å². The van der Waals surface area contributed by atoms with Crippen molar-refractivity contribution < 1.29 is 18.6 Å². The molecule has 0 N–H and O–H groups in total. The van der Waals surface area contributed by atoms with Crippen LogP contribution >= 0.6 is 0 Å². The molecule has 5 rings (SSSR count). The van der Waals surface area contributed by atoms with E-state index in [4.69, 9.17) is 14.2 Å². The standard InChI is InChI=1S/C23H24FNO3/c1-26-20-10-16-15-9-13(24)6-7-14(15)22-18(17(16)11-21(20)27-2)12-25-8-4-5-19(25)23(22)28-3/h6-7,9-11,19,23H,4-5,8,12H2,1-3H3/t19-,23-/m0/s1. The van der Waals surface area contributed by atoms with Crippen LogP contribution in [0.4, 0.5) is 4.39 Å². The van der Waals surface area contributed by atoms with Gasteiger partial charge in [-0.15, -0.1) is 0 Å². The van der Waals surface area contributed by atoms with E-state index in [9.17, 15) is 4.39 Å². The van der Waals surface area contributed by atoms with Crippen LogP contribution in [-0.2, 0) is 11.3 Å². The van der Waals surface area contributed by atoms with E-state index >= 15 is 0 Å². The third kappa shape index (κ3) is 2.43. The zero-order valence-electron chi connectivity index (χ0n) is 16.4. The van der Waals surface area contributed by atoms with Gasteiger partial charge in [-0.2, -0.15) is 0 Å². The first-order valence-corrected chi connectivity index (χ1v) is 9.72. The molecule has 3 aromatic carbocycles. The molecular formula is C23H24FNO3. The highest BCUT2D eigenvalue weighted by Crippen LogP contribution is 2.47. The van der Waals surface area contributed by atoms with Crippen LogP contribution in [0, 0.1) is 5.82 Å². The van der Waals surface area contributed by atoms with E-state index in [2.05, 4.69) is 4.90 Å². The summed E-state index contributed by atoms with van der Waals surface area (Å²) in [7, 11) is 5.05. The number of hydrogen-bond acceptors (Lipinski definition) is 4. The van der Waals surface area contributed by atoms with Gasteiger partial charge in [0.2, 0.25) is 0 Å². The summed E-state index contributed by atoms with van der Waals surface area (Å²) < 4.78 is 31.3. The fourth-order valence-corrected chi connectivity index (χ4v) is 5.19. The summed E-state index contributed by atoms with van der Waals surface area (Å²) in [5, 5.41) is 4.02. The van der Waals surface area contributed by atoms with Gasteiger partial charge in [-0.05, 0) is 76.3 Å². The van der Waals surface area contributed by atoms with Crippen molar-refractivity contribution in [1.29, 1.82) is 0 Å². The van der Waals surface area contributed by atoms with Crippen molar-refractivity contribution in [3.8, 4) is 11.5 Å². The summed E-state index contributed by atoms with van der Waals surface area (Å²) in [5.41, 5.74) is 2.44. The maximum absolute atomic E-state index is 14.2. The van der Waals surface area contributed by atoms with Gasteiger partial charge >= 0.3 is 0 Å². The molecule has 28 heavy (non-hydrogen) atoms. The van der Waals surface area contributed by atoms with Crippen LogP contribution in [0.15, 0.2) is 30.3 Å². The molecule has 146 valence electrons. The molecule has 1 fully saturated rings. The Kier molecular flexibility index (Phi) is 4.18. The Labute approximate surface area is 163 Å². The molecular weight excluding hydrogens is 357 g/mol. The van der Waals surface area contributed by atoms with Crippen LogP contribution in [0.1, 0.15) is 30.1 Å². The second kappa shape index (κ2) is 6.61. The van der Waals surface area contributed by atoms with Gasteiger partial charge in [0.05, 0.1) is 20.3 Å². The third-order valence-electron chi connectivity index (χ3n) is 6.40. The highest BCUT2D eigenvalue weighted by Gasteiger charge is 2.40. The number of rotatable bonds is 3. The van der Waals surface area contributed by atoms with E-state index in [1.54, 1.807) is 33.5 Å². The topological polar surface area (TPSA) is 30.9 Å². The number of halogens is 1. The van der Waals surface area contributed by atoms with Crippen molar-refractivity contribution in [1.82, 2.24) is 4.90 Å². The number of hydrogen-bond donors (Lipinski definition) is 0. The van der Waals surface area contributed by atoms with E-state index in [-0.39, 0.29) is 11.9 Å².